The number of nitrogens with two attached hydrogens (primary N) is 1. The van der Waals surface area contributed by atoms with Crippen LogP contribution in [-0.4, -0.2) is 34.4 Å². The number of hydrogen-bond donors (Lipinski definition) is 3. The number of aromatic nitrogens is 2. The average molecular weight is 360 g/mol. The lowest BCUT2D eigenvalue weighted by Gasteiger charge is -2.06. The lowest BCUT2D eigenvalue weighted by molar-refractivity contribution is -0.137. The molecule has 140 valence electrons. The van der Waals surface area contributed by atoms with Gasteiger partial charge in [-0.15, -0.1) is 0 Å². The first kappa shape index (κ1) is 21.0. The van der Waals surface area contributed by atoms with Crippen LogP contribution in [0.2, 0.25) is 0 Å². The van der Waals surface area contributed by atoms with Crippen LogP contribution in [0, 0.1) is 0 Å². The quantitative estimate of drug-likeness (QED) is 0.456. The lowest BCUT2D eigenvalue weighted by atomic mass is 10.1. The Morgan fingerprint density at radius 2 is 1.96 bits per heavy atom. The Hall–Kier alpha value is -3.00. The zero-order chi connectivity index (χ0) is 19.2. The van der Waals surface area contributed by atoms with Gasteiger partial charge in [0.25, 0.3) is 0 Å². The van der Waals surface area contributed by atoms with Gasteiger partial charge in [0.15, 0.2) is 0 Å². The summed E-state index contributed by atoms with van der Waals surface area (Å²) in [5.74, 6) is -0.434. The summed E-state index contributed by atoms with van der Waals surface area (Å²) in [7, 11) is 1.92. The Kier molecular flexibility index (Phi) is 10.0. The number of hydrogen-bond acceptors (Lipinski definition) is 7. The van der Waals surface area contributed by atoms with Crippen molar-refractivity contribution in [1.82, 2.24) is 15.3 Å². The number of unbranched alkanes of at least 4 members (excludes halogenated alkanes) is 1. The maximum Gasteiger partial charge on any atom is 0.318 e. The highest BCUT2D eigenvalue weighted by Gasteiger charge is 1.99. The zero-order valence-corrected chi connectivity index (χ0v) is 14.7. The Bertz CT molecular complexity index is 677. The molecule has 0 radical (unpaired) electrons. The predicted molar refractivity (Wildman–Crippen MR) is 97.5 cm³/mol. The van der Waals surface area contributed by atoms with Gasteiger partial charge in [0.05, 0.1) is 0 Å². The van der Waals surface area contributed by atoms with Crippen molar-refractivity contribution in [1.29, 1.82) is 0 Å². The standard InChI is InChI=1S/C13H16N4O.C5H8O3/c1-15-8-10-2-4-11(5-3-10)9-18-13-16-7-6-12(14)17-13;6-4-2-1-3-5(7)8/h2-7,15H,8-9H2,1H3,(H2,14,16,17);4H,1-3H2,(H,7,8). The summed E-state index contributed by atoms with van der Waals surface area (Å²) >= 11 is 0. The van der Waals surface area contributed by atoms with E-state index in [-0.39, 0.29) is 6.42 Å². The molecule has 8 heteroatoms. The number of aliphatic carboxylic acids is 1. The van der Waals surface area contributed by atoms with Crippen LogP contribution in [0.15, 0.2) is 36.5 Å². The lowest BCUT2D eigenvalue weighted by Crippen LogP contribution is -2.05. The number of carbonyl (C=O) groups excluding carboxylic acids is 1. The van der Waals surface area contributed by atoms with Crippen molar-refractivity contribution < 1.29 is 19.4 Å². The first-order valence-electron chi connectivity index (χ1n) is 8.14. The topological polar surface area (TPSA) is 127 Å². The fraction of sp³-hybridized carbons (Fsp3) is 0.333. The van der Waals surface area contributed by atoms with Crippen LogP contribution in [0.4, 0.5) is 5.82 Å². The van der Waals surface area contributed by atoms with E-state index in [4.69, 9.17) is 15.6 Å². The number of benzene rings is 1. The van der Waals surface area contributed by atoms with Gasteiger partial charge in [-0.1, -0.05) is 24.3 Å². The molecule has 0 unspecified atom stereocenters. The number of nitrogens with one attached hydrogen (secondary N) is 1. The van der Waals surface area contributed by atoms with E-state index in [1.165, 1.54) is 5.56 Å². The fourth-order valence-corrected chi connectivity index (χ4v) is 1.87. The van der Waals surface area contributed by atoms with Gasteiger partial charge in [-0.2, -0.15) is 4.98 Å². The molecule has 1 aromatic carbocycles. The molecular formula is C18H24N4O4. The van der Waals surface area contributed by atoms with Crippen molar-refractivity contribution >= 4 is 18.1 Å². The molecular weight excluding hydrogens is 336 g/mol. The minimum Gasteiger partial charge on any atom is -0.481 e. The predicted octanol–water partition coefficient (Wildman–Crippen LogP) is 1.80. The maximum atomic E-state index is 9.76. The molecule has 0 saturated carbocycles. The Morgan fingerprint density at radius 1 is 1.27 bits per heavy atom. The second-order valence-electron chi connectivity index (χ2n) is 5.35. The van der Waals surface area contributed by atoms with Gasteiger partial charge in [0, 0.05) is 25.6 Å². The van der Waals surface area contributed by atoms with Crippen molar-refractivity contribution in [2.45, 2.75) is 32.4 Å². The van der Waals surface area contributed by atoms with E-state index in [0.717, 1.165) is 18.4 Å². The number of ether oxygens (including phenoxy) is 1. The normalized spacial score (nSPS) is 9.73. The van der Waals surface area contributed by atoms with Gasteiger partial charge in [-0.25, -0.2) is 4.98 Å². The molecule has 1 heterocycles. The molecule has 0 bridgehead atoms. The van der Waals surface area contributed by atoms with Crippen LogP contribution in [0.25, 0.3) is 0 Å². The van der Waals surface area contributed by atoms with Crippen molar-refractivity contribution in [3.63, 3.8) is 0 Å². The third-order valence-electron chi connectivity index (χ3n) is 3.14. The highest BCUT2D eigenvalue weighted by molar-refractivity contribution is 5.67. The molecule has 0 saturated heterocycles. The van der Waals surface area contributed by atoms with E-state index in [1.54, 1.807) is 12.3 Å². The number of carboxylic acid groups (broad SMARTS) is 1. The molecule has 4 N–H and O–H groups in total. The molecule has 0 aliphatic carbocycles. The zero-order valence-electron chi connectivity index (χ0n) is 14.7. The summed E-state index contributed by atoms with van der Waals surface area (Å²) in [6, 6.07) is 10.1. The highest BCUT2D eigenvalue weighted by atomic mass is 16.5. The Morgan fingerprint density at radius 3 is 2.54 bits per heavy atom. The molecule has 0 atom stereocenters. The SMILES string of the molecule is CNCc1ccc(COc2nccc(N)n2)cc1.O=CCCCC(=O)O. The van der Waals surface area contributed by atoms with E-state index < -0.39 is 5.97 Å². The summed E-state index contributed by atoms with van der Waals surface area (Å²) in [6.45, 7) is 1.29. The highest BCUT2D eigenvalue weighted by Crippen LogP contribution is 2.09. The van der Waals surface area contributed by atoms with Crippen LogP contribution in [0.5, 0.6) is 6.01 Å². The first-order valence-corrected chi connectivity index (χ1v) is 8.14. The number of rotatable bonds is 9. The third kappa shape index (κ3) is 9.33. The maximum absolute atomic E-state index is 9.76. The number of carboxylic acids is 1. The summed E-state index contributed by atoms with van der Waals surface area (Å²) in [5, 5.41) is 11.1. The van der Waals surface area contributed by atoms with E-state index in [9.17, 15) is 9.59 Å². The summed E-state index contributed by atoms with van der Waals surface area (Å²) in [6.07, 6.45) is 3.21. The molecule has 8 nitrogen and oxygen atoms in total. The van der Waals surface area contributed by atoms with Gasteiger partial charge in [-0.3, -0.25) is 4.79 Å². The summed E-state index contributed by atoms with van der Waals surface area (Å²) < 4.78 is 5.45. The molecule has 0 aliphatic rings. The number of aldehydes is 1. The van der Waals surface area contributed by atoms with Crippen LogP contribution in [0.1, 0.15) is 30.4 Å². The summed E-state index contributed by atoms with van der Waals surface area (Å²) in [4.78, 5) is 27.3. The smallest absolute Gasteiger partial charge is 0.318 e. The Labute approximate surface area is 152 Å². The first-order chi connectivity index (χ1) is 12.5. The van der Waals surface area contributed by atoms with Gasteiger partial charge in [-0.05, 0) is 30.7 Å². The fourth-order valence-electron chi connectivity index (χ4n) is 1.87. The minimum absolute atomic E-state index is 0.0960. The van der Waals surface area contributed by atoms with Crippen molar-refractivity contribution in [2.75, 3.05) is 12.8 Å². The molecule has 2 aromatic rings. The van der Waals surface area contributed by atoms with Crippen molar-refractivity contribution in [3.8, 4) is 6.01 Å². The van der Waals surface area contributed by atoms with E-state index >= 15 is 0 Å². The van der Waals surface area contributed by atoms with E-state index in [1.807, 2.05) is 19.2 Å². The van der Waals surface area contributed by atoms with Gasteiger partial charge < -0.3 is 25.7 Å². The number of nitrogen functional groups attached to an aromatic ring is 1. The van der Waals surface area contributed by atoms with Crippen LogP contribution in [-0.2, 0) is 22.7 Å². The van der Waals surface area contributed by atoms with E-state index in [0.29, 0.717) is 31.3 Å². The number of anilines is 1. The molecule has 0 spiro atoms. The largest absolute Gasteiger partial charge is 0.481 e. The van der Waals surface area contributed by atoms with E-state index in [2.05, 4.69) is 27.4 Å². The molecule has 26 heavy (non-hydrogen) atoms. The van der Waals surface area contributed by atoms with Crippen LogP contribution < -0.4 is 15.8 Å². The molecule has 0 fully saturated rings. The summed E-state index contributed by atoms with van der Waals surface area (Å²) in [5.41, 5.74) is 7.85. The van der Waals surface area contributed by atoms with Gasteiger partial charge in [0.1, 0.15) is 18.7 Å². The molecule has 1 aromatic heterocycles. The number of carbonyl (C=O) groups is 2. The van der Waals surface area contributed by atoms with Crippen molar-refractivity contribution in [3.05, 3.63) is 47.7 Å². The monoisotopic (exact) mass is 360 g/mol. The Balaban J connectivity index is 0.000000359. The molecule has 0 aliphatic heterocycles. The van der Waals surface area contributed by atoms with Crippen LogP contribution in [0.3, 0.4) is 0 Å². The van der Waals surface area contributed by atoms with Gasteiger partial charge in [0.2, 0.25) is 0 Å². The molecule has 0 amide bonds. The van der Waals surface area contributed by atoms with Crippen LogP contribution >= 0.6 is 0 Å². The second-order valence-corrected chi connectivity index (χ2v) is 5.35. The second kappa shape index (κ2) is 12.4. The third-order valence-corrected chi connectivity index (χ3v) is 3.14. The van der Waals surface area contributed by atoms with Gasteiger partial charge >= 0.3 is 12.0 Å². The minimum atomic E-state index is -0.841. The molecule has 2 rings (SSSR count). The number of nitrogens with zero attached hydrogens (tertiary/aromatic N) is 2. The van der Waals surface area contributed by atoms with Crippen molar-refractivity contribution in [2.24, 2.45) is 0 Å². The average Bonchev–Trinajstić information content (AvgIpc) is 2.62.